The van der Waals surface area contributed by atoms with Gasteiger partial charge in [0.15, 0.2) is 0 Å². The number of nitrogens with zero attached hydrogens (tertiary/aromatic N) is 1. The average Bonchev–Trinajstić information content (AvgIpc) is 3.30. The molecule has 3 aliphatic rings. The molecule has 4 N–H and O–H groups in total. The molecule has 0 unspecified atom stereocenters. The van der Waals surface area contributed by atoms with Crippen molar-refractivity contribution in [3.8, 4) is 0 Å². The van der Waals surface area contributed by atoms with E-state index < -0.39 is 5.66 Å². The van der Waals surface area contributed by atoms with Gasteiger partial charge in [0, 0.05) is 32.9 Å². The fourth-order valence-electron chi connectivity index (χ4n) is 11.1. The summed E-state index contributed by atoms with van der Waals surface area (Å²) in [6.45, 7) is 9.12. The number of benzene rings is 4. The molecule has 0 spiro atoms. The Morgan fingerprint density at radius 3 is 1.48 bits per heavy atom. The van der Waals surface area contributed by atoms with Crippen molar-refractivity contribution in [1.82, 2.24) is 0 Å². The zero-order valence-electron chi connectivity index (χ0n) is 40.4. The Morgan fingerprint density at radius 2 is 0.953 bits per heavy atom. The van der Waals surface area contributed by atoms with Gasteiger partial charge in [-0.3, -0.25) is 9.79 Å². The first-order valence-corrected chi connectivity index (χ1v) is 26.4. The Balaban J connectivity index is 1.27. The first-order valence-electron chi connectivity index (χ1n) is 26.4. The molecule has 2 aliphatic heterocycles. The van der Waals surface area contributed by atoms with E-state index in [1.54, 1.807) is 0 Å². The maximum absolute atomic E-state index is 14.9. The van der Waals surface area contributed by atoms with Crippen LogP contribution in [0.4, 0.5) is 17.1 Å². The van der Waals surface area contributed by atoms with Crippen LogP contribution in [0.25, 0.3) is 32.7 Å². The molecule has 0 fully saturated rings. The number of allylic oxidation sites excluding steroid dienone is 2. The van der Waals surface area contributed by atoms with Crippen molar-refractivity contribution < 1.29 is 9.90 Å². The van der Waals surface area contributed by atoms with Crippen molar-refractivity contribution in [3.63, 3.8) is 0 Å². The molecule has 0 bridgehead atoms. The molecule has 6 heteroatoms. The predicted molar refractivity (Wildman–Crippen MR) is 275 cm³/mol. The lowest BCUT2D eigenvalue weighted by Gasteiger charge is -2.43. The Hall–Kier alpha value is -4.32. The summed E-state index contributed by atoms with van der Waals surface area (Å²) in [5, 5.41) is 30.5. The van der Waals surface area contributed by atoms with Gasteiger partial charge in [-0.2, -0.15) is 0 Å². The highest BCUT2D eigenvalue weighted by molar-refractivity contribution is 6.52. The first kappa shape index (κ1) is 47.6. The summed E-state index contributed by atoms with van der Waals surface area (Å²) in [5.74, 6) is -0.00208. The van der Waals surface area contributed by atoms with Crippen molar-refractivity contribution in [3.05, 3.63) is 82.6 Å². The van der Waals surface area contributed by atoms with Gasteiger partial charge in [0.05, 0.1) is 22.2 Å². The van der Waals surface area contributed by atoms with Crippen LogP contribution >= 0.6 is 0 Å². The van der Waals surface area contributed by atoms with Gasteiger partial charge in [-0.15, -0.1) is 0 Å². The minimum Gasteiger partial charge on any atom is -0.506 e. The number of ketones is 1. The van der Waals surface area contributed by atoms with E-state index in [2.05, 4.69) is 98.2 Å². The molecule has 4 aromatic carbocycles. The van der Waals surface area contributed by atoms with Crippen molar-refractivity contribution in [1.29, 1.82) is 0 Å². The number of nitrogens with one attached hydrogen (secondary N) is 3. The Labute approximate surface area is 386 Å². The molecule has 0 saturated heterocycles. The zero-order chi connectivity index (χ0) is 44.8. The molecule has 0 radical (unpaired) electrons. The van der Waals surface area contributed by atoms with E-state index in [1.807, 2.05) is 6.07 Å². The van der Waals surface area contributed by atoms with Gasteiger partial charge in [0.1, 0.15) is 17.1 Å². The van der Waals surface area contributed by atoms with Gasteiger partial charge in [-0.05, 0) is 74.3 Å². The smallest absolute Gasteiger partial charge is 0.201 e. The second-order valence-electron chi connectivity index (χ2n) is 19.9. The third kappa shape index (κ3) is 11.0. The Kier molecular flexibility index (Phi) is 17.3. The van der Waals surface area contributed by atoms with Gasteiger partial charge >= 0.3 is 0 Å². The van der Waals surface area contributed by atoms with Crippen molar-refractivity contribution >= 4 is 55.5 Å². The molecule has 4 aromatic rings. The summed E-state index contributed by atoms with van der Waals surface area (Å²) in [4.78, 5) is 20.7. The molecule has 6 nitrogen and oxygen atoms in total. The van der Waals surface area contributed by atoms with E-state index in [1.165, 1.54) is 128 Å². The standard InChI is InChI=1S/C58H82N4O2/c1-5-9-13-17-21-25-39-57(40-26-22-18-14-10-6-2)59-47-33-29-31-43-35-37-45(53(61-57)49(43)47)51-55(63)52(56(51)64)46-38-36-44-32-30-34-48-50(44)54(46)62-58(60-48,41-27-23-19-15-11-7-3)42-28-24-20-16-12-8-4/h29-38,59-61,63H,5-28,39-42H2,1-4H3/b52-46+. The number of aliphatic hydroxyl groups is 1. The molecule has 0 amide bonds. The maximum Gasteiger partial charge on any atom is 0.201 e. The lowest BCUT2D eigenvalue weighted by molar-refractivity contribution is -0.109. The number of carbonyl (C=O) groups is 1. The minimum atomic E-state index is -0.451. The molecule has 1 aliphatic carbocycles. The Bertz CT molecular complexity index is 2310. The fourth-order valence-corrected chi connectivity index (χ4v) is 11.1. The lowest BCUT2D eigenvalue weighted by Crippen LogP contribution is -2.48. The third-order valence-corrected chi connectivity index (χ3v) is 14.8. The molecule has 64 heavy (non-hydrogen) atoms. The number of carbonyl (C=O) groups excluding carboxylic acids is 1. The number of anilines is 3. The summed E-state index contributed by atoms with van der Waals surface area (Å²) in [7, 11) is 0. The van der Waals surface area contributed by atoms with Crippen molar-refractivity contribution in [2.75, 3.05) is 16.0 Å². The van der Waals surface area contributed by atoms with Crippen LogP contribution in [0.1, 0.15) is 213 Å². The molecule has 0 aromatic heterocycles. The molecule has 0 saturated carbocycles. The normalized spacial score (nSPS) is 16.7. The summed E-state index contributed by atoms with van der Waals surface area (Å²) < 4.78 is 0. The fraction of sp³-hybridized carbons (Fsp3) is 0.586. The quantitative estimate of drug-likeness (QED) is 0.0409. The topological polar surface area (TPSA) is 85.8 Å². The van der Waals surface area contributed by atoms with Crippen LogP contribution in [0.2, 0.25) is 0 Å². The minimum absolute atomic E-state index is 0.0927. The van der Waals surface area contributed by atoms with E-state index in [0.717, 1.165) is 106 Å². The number of unbranched alkanes of at least 4 members (excludes halogenated alkanes) is 20. The van der Waals surface area contributed by atoms with Crippen molar-refractivity contribution in [2.24, 2.45) is 4.99 Å². The second kappa shape index (κ2) is 23.2. The van der Waals surface area contributed by atoms with Gasteiger partial charge in [0.2, 0.25) is 5.78 Å². The number of hydrogen-bond acceptors (Lipinski definition) is 6. The number of rotatable bonds is 29. The maximum atomic E-state index is 14.9. The van der Waals surface area contributed by atoms with Gasteiger partial charge in [-0.1, -0.05) is 205 Å². The lowest BCUT2D eigenvalue weighted by atomic mass is 9.79. The van der Waals surface area contributed by atoms with E-state index >= 15 is 0 Å². The molecule has 2 heterocycles. The van der Waals surface area contributed by atoms with Crippen LogP contribution in [-0.4, -0.2) is 22.2 Å². The molecule has 7 rings (SSSR count). The summed E-state index contributed by atoms with van der Waals surface area (Å²) in [6, 6.07) is 21.3. The number of hydrogen-bond donors (Lipinski definition) is 4. The second-order valence-corrected chi connectivity index (χ2v) is 19.9. The average molecular weight is 867 g/mol. The van der Waals surface area contributed by atoms with E-state index in [0.29, 0.717) is 11.1 Å². The van der Waals surface area contributed by atoms with Crippen molar-refractivity contribution in [2.45, 2.75) is 219 Å². The van der Waals surface area contributed by atoms with Gasteiger partial charge < -0.3 is 21.1 Å². The van der Waals surface area contributed by atoms with E-state index in [4.69, 9.17) is 4.99 Å². The van der Waals surface area contributed by atoms with Gasteiger partial charge in [-0.25, -0.2) is 0 Å². The van der Waals surface area contributed by atoms with Crippen LogP contribution in [0.15, 0.2) is 71.4 Å². The van der Waals surface area contributed by atoms with E-state index in [9.17, 15) is 9.90 Å². The molecular weight excluding hydrogens is 785 g/mol. The zero-order valence-corrected chi connectivity index (χ0v) is 40.4. The van der Waals surface area contributed by atoms with Crippen LogP contribution in [0, 0.1) is 0 Å². The SMILES string of the molecule is CCCCCCCCC1(CCCCCCCC)N=c2/c(=C3/C(=O)C(c4ccc5cccc6c5c4NC(CCCCCCCC)(CCCCCCCC)N6)=C3O)ccc3cccc(c23)N1. The molecule has 0 atom stereocenters. The predicted octanol–water partition coefficient (Wildman–Crippen LogP) is 16.0. The van der Waals surface area contributed by atoms with Crippen LogP contribution in [0.5, 0.6) is 0 Å². The van der Waals surface area contributed by atoms with E-state index in [-0.39, 0.29) is 17.2 Å². The highest BCUT2D eigenvalue weighted by atomic mass is 16.3. The molecule has 346 valence electrons. The molecular formula is C58H82N4O2. The third-order valence-electron chi connectivity index (χ3n) is 14.8. The summed E-state index contributed by atoms with van der Waals surface area (Å²) in [5.41, 5.74) is 4.03. The highest BCUT2D eigenvalue weighted by Crippen LogP contribution is 2.48. The van der Waals surface area contributed by atoms with Crippen LogP contribution in [-0.2, 0) is 4.79 Å². The highest BCUT2D eigenvalue weighted by Gasteiger charge is 2.41. The monoisotopic (exact) mass is 867 g/mol. The van der Waals surface area contributed by atoms with Gasteiger partial charge in [0.25, 0.3) is 0 Å². The summed E-state index contributed by atoms with van der Waals surface area (Å²) in [6.07, 6.45) is 33.7. The van der Waals surface area contributed by atoms with Crippen LogP contribution < -0.4 is 26.5 Å². The first-order chi connectivity index (χ1) is 31.4. The summed E-state index contributed by atoms with van der Waals surface area (Å²) >= 11 is 0. The largest absolute Gasteiger partial charge is 0.506 e. The van der Waals surface area contributed by atoms with Crippen LogP contribution in [0.3, 0.4) is 0 Å². The number of Topliss-reactive ketones (excluding diaryl/α,β-unsaturated/α-hetero) is 1. The number of aliphatic hydroxyl groups excluding tert-OH is 1. The Morgan fingerprint density at radius 1 is 0.484 bits per heavy atom.